The number of Topliss-reactive ketones (excluding diaryl/α,β-unsaturated/α-hetero) is 1. The van der Waals surface area contributed by atoms with E-state index in [1.807, 2.05) is 0 Å². The molecule has 2 aromatic rings. The Hall–Kier alpha value is -2.17. The SMILES string of the molecule is Cc1ccccc1CC(=O)c1cc(F)ccc1C(F)(F)F. The molecule has 0 aliphatic rings. The highest BCUT2D eigenvalue weighted by Crippen LogP contribution is 2.33. The molecule has 0 spiro atoms. The molecule has 0 fully saturated rings. The van der Waals surface area contributed by atoms with Crippen LogP contribution in [0.3, 0.4) is 0 Å². The topological polar surface area (TPSA) is 17.1 Å². The van der Waals surface area contributed by atoms with Crippen LogP contribution < -0.4 is 0 Å². The number of carbonyl (C=O) groups excluding carboxylic acids is 1. The molecule has 0 unspecified atom stereocenters. The molecule has 0 amide bonds. The monoisotopic (exact) mass is 296 g/mol. The lowest BCUT2D eigenvalue weighted by Gasteiger charge is -2.12. The molecule has 0 bridgehead atoms. The highest BCUT2D eigenvalue weighted by Gasteiger charge is 2.35. The van der Waals surface area contributed by atoms with Crippen LogP contribution in [0.4, 0.5) is 17.6 Å². The summed E-state index contributed by atoms with van der Waals surface area (Å²) in [6.07, 6.45) is -4.89. The quantitative estimate of drug-likeness (QED) is 0.598. The third-order valence-electron chi connectivity index (χ3n) is 3.20. The largest absolute Gasteiger partial charge is 0.417 e. The minimum atomic E-state index is -4.69. The van der Waals surface area contributed by atoms with E-state index in [0.717, 1.165) is 5.56 Å². The number of aryl methyl sites for hydroxylation is 1. The number of carbonyl (C=O) groups is 1. The molecule has 0 radical (unpaired) electrons. The summed E-state index contributed by atoms with van der Waals surface area (Å²) in [4.78, 5) is 12.1. The molecule has 5 heteroatoms. The first-order valence-corrected chi connectivity index (χ1v) is 6.23. The number of rotatable bonds is 3. The Morgan fingerprint density at radius 3 is 2.38 bits per heavy atom. The highest BCUT2D eigenvalue weighted by molar-refractivity contribution is 5.99. The molecular formula is C16H12F4O. The van der Waals surface area contributed by atoms with Crippen molar-refractivity contribution in [3.8, 4) is 0 Å². The number of ketones is 1. The van der Waals surface area contributed by atoms with Gasteiger partial charge in [-0.3, -0.25) is 4.79 Å². The minimum absolute atomic E-state index is 0.195. The molecule has 0 N–H and O–H groups in total. The fourth-order valence-electron chi connectivity index (χ4n) is 2.07. The van der Waals surface area contributed by atoms with Crippen LogP contribution in [-0.4, -0.2) is 5.78 Å². The zero-order chi connectivity index (χ0) is 15.6. The van der Waals surface area contributed by atoms with Gasteiger partial charge < -0.3 is 0 Å². The first-order valence-electron chi connectivity index (χ1n) is 6.23. The second-order valence-electron chi connectivity index (χ2n) is 4.71. The van der Waals surface area contributed by atoms with Gasteiger partial charge in [0.1, 0.15) is 5.82 Å². The van der Waals surface area contributed by atoms with Crippen molar-refractivity contribution in [2.75, 3.05) is 0 Å². The van der Waals surface area contributed by atoms with Crippen LogP contribution in [0.5, 0.6) is 0 Å². The molecule has 2 rings (SSSR count). The van der Waals surface area contributed by atoms with Gasteiger partial charge in [0, 0.05) is 12.0 Å². The fraction of sp³-hybridized carbons (Fsp3) is 0.188. The maximum atomic E-state index is 13.2. The van der Waals surface area contributed by atoms with Crippen molar-refractivity contribution >= 4 is 5.78 Å². The number of hydrogen-bond acceptors (Lipinski definition) is 1. The lowest BCUT2D eigenvalue weighted by molar-refractivity contribution is -0.137. The zero-order valence-electron chi connectivity index (χ0n) is 11.2. The second kappa shape index (κ2) is 5.68. The predicted molar refractivity (Wildman–Crippen MR) is 70.6 cm³/mol. The van der Waals surface area contributed by atoms with E-state index >= 15 is 0 Å². The molecule has 0 aliphatic carbocycles. The van der Waals surface area contributed by atoms with Gasteiger partial charge >= 0.3 is 6.18 Å². The van der Waals surface area contributed by atoms with Crippen LogP contribution in [0, 0.1) is 12.7 Å². The third kappa shape index (κ3) is 3.48. The van der Waals surface area contributed by atoms with Gasteiger partial charge in [0.15, 0.2) is 5.78 Å². The standard InChI is InChI=1S/C16H12F4O/c1-10-4-2-3-5-11(10)8-15(21)13-9-12(17)6-7-14(13)16(18,19)20/h2-7,9H,8H2,1H3. The number of hydrogen-bond donors (Lipinski definition) is 0. The van der Waals surface area contributed by atoms with Gasteiger partial charge in [-0.25, -0.2) is 4.39 Å². The molecule has 1 nitrogen and oxygen atoms in total. The minimum Gasteiger partial charge on any atom is -0.294 e. The summed E-state index contributed by atoms with van der Waals surface area (Å²) < 4.78 is 51.8. The van der Waals surface area contributed by atoms with Crippen LogP contribution in [0.1, 0.15) is 27.0 Å². The summed E-state index contributed by atoms with van der Waals surface area (Å²) in [6, 6.07) is 8.84. The highest BCUT2D eigenvalue weighted by atomic mass is 19.4. The Labute approximate surface area is 119 Å². The number of benzene rings is 2. The predicted octanol–water partition coefficient (Wildman–Crippen LogP) is 4.58. The molecule has 2 aromatic carbocycles. The molecule has 110 valence electrons. The van der Waals surface area contributed by atoms with Crippen molar-refractivity contribution in [2.45, 2.75) is 19.5 Å². The van der Waals surface area contributed by atoms with E-state index in [2.05, 4.69) is 0 Å². The average Bonchev–Trinajstić information content (AvgIpc) is 2.40. The summed E-state index contributed by atoms with van der Waals surface area (Å²) in [7, 11) is 0. The molecule has 0 saturated heterocycles. The van der Waals surface area contributed by atoms with Crippen molar-refractivity contribution in [1.82, 2.24) is 0 Å². The number of halogens is 4. The van der Waals surface area contributed by atoms with Crippen molar-refractivity contribution in [3.63, 3.8) is 0 Å². The molecule has 21 heavy (non-hydrogen) atoms. The number of alkyl halides is 3. The van der Waals surface area contributed by atoms with Gasteiger partial charge in [-0.2, -0.15) is 13.2 Å². The van der Waals surface area contributed by atoms with Crippen LogP contribution in [0.25, 0.3) is 0 Å². The molecule has 0 heterocycles. The van der Waals surface area contributed by atoms with E-state index in [4.69, 9.17) is 0 Å². The van der Waals surface area contributed by atoms with Gasteiger partial charge in [-0.1, -0.05) is 24.3 Å². The van der Waals surface area contributed by atoms with Crippen LogP contribution in [0.15, 0.2) is 42.5 Å². The molecule has 0 aliphatic heterocycles. The van der Waals surface area contributed by atoms with Crippen molar-refractivity contribution < 1.29 is 22.4 Å². The average molecular weight is 296 g/mol. The van der Waals surface area contributed by atoms with Crippen molar-refractivity contribution in [2.24, 2.45) is 0 Å². The Morgan fingerprint density at radius 1 is 1.10 bits per heavy atom. The normalized spacial score (nSPS) is 11.5. The van der Waals surface area contributed by atoms with Crippen LogP contribution >= 0.6 is 0 Å². The smallest absolute Gasteiger partial charge is 0.294 e. The summed E-state index contributed by atoms with van der Waals surface area (Å²) in [6.45, 7) is 1.76. The van der Waals surface area contributed by atoms with E-state index in [1.54, 1.807) is 31.2 Å². The van der Waals surface area contributed by atoms with Crippen LogP contribution in [-0.2, 0) is 12.6 Å². The Morgan fingerprint density at radius 2 is 1.76 bits per heavy atom. The van der Waals surface area contributed by atoms with Gasteiger partial charge in [-0.05, 0) is 36.2 Å². The van der Waals surface area contributed by atoms with Crippen molar-refractivity contribution in [1.29, 1.82) is 0 Å². The lowest BCUT2D eigenvalue weighted by atomic mass is 9.96. The molecule has 0 atom stereocenters. The van der Waals surface area contributed by atoms with Gasteiger partial charge in [0.25, 0.3) is 0 Å². The maximum absolute atomic E-state index is 13.2. The van der Waals surface area contributed by atoms with E-state index in [0.29, 0.717) is 23.8 Å². The maximum Gasteiger partial charge on any atom is 0.417 e. The Balaban J connectivity index is 2.40. The van der Waals surface area contributed by atoms with Gasteiger partial charge in [-0.15, -0.1) is 0 Å². The van der Waals surface area contributed by atoms with Gasteiger partial charge in [0.2, 0.25) is 0 Å². The van der Waals surface area contributed by atoms with Gasteiger partial charge in [0.05, 0.1) is 5.56 Å². The fourth-order valence-corrected chi connectivity index (χ4v) is 2.07. The Bertz CT molecular complexity index is 674. The summed E-state index contributed by atoms with van der Waals surface area (Å²) >= 11 is 0. The summed E-state index contributed by atoms with van der Waals surface area (Å²) in [5.74, 6) is -1.62. The Kier molecular flexibility index (Phi) is 4.11. The molecule has 0 aromatic heterocycles. The van der Waals surface area contributed by atoms with E-state index in [9.17, 15) is 22.4 Å². The van der Waals surface area contributed by atoms with E-state index < -0.39 is 28.9 Å². The second-order valence-corrected chi connectivity index (χ2v) is 4.71. The van der Waals surface area contributed by atoms with E-state index in [-0.39, 0.29) is 6.42 Å². The lowest BCUT2D eigenvalue weighted by Crippen LogP contribution is -2.15. The van der Waals surface area contributed by atoms with Crippen molar-refractivity contribution in [3.05, 3.63) is 70.5 Å². The zero-order valence-corrected chi connectivity index (χ0v) is 11.2. The van der Waals surface area contributed by atoms with E-state index in [1.165, 1.54) is 0 Å². The summed E-state index contributed by atoms with van der Waals surface area (Å²) in [5, 5.41) is 0. The first-order chi connectivity index (χ1) is 9.79. The molecular weight excluding hydrogens is 284 g/mol. The third-order valence-corrected chi connectivity index (χ3v) is 3.20. The van der Waals surface area contributed by atoms with Crippen LogP contribution in [0.2, 0.25) is 0 Å². The molecule has 0 saturated carbocycles. The first kappa shape index (κ1) is 15.2. The summed E-state index contributed by atoms with van der Waals surface area (Å²) in [5.41, 5.74) is -0.316.